The van der Waals surface area contributed by atoms with E-state index in [1.807, 2.05) is 18.7 Å². The van der Waals surface area contributed by atoms with Gasteiger partial charge in [0.2, 0.25) is 11.8 Å². The van der Waals surface area contributed by atoms with Crippen LogP contribution in [-0.2, 0) is 14.4 Å². The van der Waals surface area contributed by atoms with Gasteiger partial charge >= 0.3 is 5.97 Å². The van der Waals surface area contributed by atoms with Crippen LogP contribution in [0.4, 0.5) is 0 Å². The summed E-state index contributed by atoms with van der Waals surface area (Å²) in [5, 5.41) is 11.6. The van der Waals surface area contributed by atoms with Crippen molar-refractivity contribution in [3.05, 3.63) is 0 Å². The Morgan fingerprint density at radius 3 is 2.24 bits per heavy atom. The van der Waals surface area contributed by atoms with Crippen LogP contribution in [0.25, 0.3) is 0 Å². The van der Waals surface area contributed by atoms with Gasteiger partial charge in [-0.2, -0.15) is 0 Å². The van der Waals surface area contributed by atoms with E-state index in [-0.39, 0.29) is 23.7 Å². The molecule has 6 heteroatoms. The van der Waals surface area contributed by atoms with Gasteiger partial charge in [0.25, 0.3) is 0 Å². The van der Waals surface area contributed by atoms with Crippen LogP contribution in [0.15, 0.2) is 0 Å². The molecule has 2 N–H and O–H groups in total. The molecule has 0 aromatic rings. The van der Waals surface area contributed by atoms with Gasteiger partial charge in [0.05, 0.1) is 5.92 Å². The quantitative estimate of drug-likeness (QED) is 0.769. The van der Waals surface area contributed by atoms with Gasteiger partial charge in [0.1, 0.15) is 0 Å². The highest BCUT2D eigenvalue weighted by molar-refractivity contribution is 5.80. The van der Waals surface area contributed by atoms with Crippen LogP contribution in [-0.4, -0.2) is 47.4 Å². The summed E-state index contributed by atoms with van der Waals surface area (Å²) in [6, 6.07) is 0. The largest absolute Gasteiger partial charge is 0.481 e. The van der Waals surface area contributed by atoms with Crippen molar-refractivity contribution in [1.29, 1.82) is 0 Å². The zero-order chi connectivity index (χ0) is 16.0. The Bertz CT molecular complexity index is 387. The molecule has 0 bridgehead atoms. The highest BCUT2D eigenvalue weighted by atomic mass is 16.4. The van der Waals surface area contributed by atoms with E-state index in [1.165, 1.54) is 0 Å². The highest BCUT2D eigenvalue weighted by Crippen LogP contribution is 2.19. The van der Waals surface area contributed by atoms with E-state index in [2.05, 4.69) is 5.32 Å². The molecule has 21 heavy (non-hydrogen) atoms. The Kier molecular flexibility index (Phi) is 6.65. The van der Waals surface area contributed by atoms with E-state index in [4.69, 9.17) is 5.11 Å². The zero-order valence-electron chi connectivity index (χ0n) is 13.1. The van der Waals surface area contributed by atoms with Crippen molar-refractivity contribution in [2.75, 3.05) is 19.6 Å². The number of aliphatic carboxylic acids is 1. The fourth-order valence-electron chi connectivity index (χ4n) is 2.41. The summed E-state index contributed by atoms with van der Waals surface area (Å²) in [5.74, 6) is -1.25. The Labute approximate surface area is 125 Å². The first-order valence-corrected chi connectivity index (χ1v) is 7.62. The van der Waals surface area contributed by atoms with Gasteiger partial charge < -0.3 is 15.3 Å². The molecule has 0 aromatic heterocycles. The van der Waals surface area contributed by atoms with Gasteiger partial charge in [-0.1, -0.05) is 20.8 Å². The lowest BCUT2D eigenvalue weighted by molar-refractivity contribution is -0.141. The predicted octanol–water partition coefficient (Wildman–Crippen LogP) is 1.11. The third-order valence-electron chi connectivity index (χ3n) is 3.97. The van der Waals surface area contributed by atoms with Crippen molar-refractivity contribution < 1.29 is 19.5 Å². The maximum absolute atomic E-state index is 12.0. The highest BCUT2D eigenvalue weighted by Gasteiger charge is 2.28. The summed E-state index contributed by atoms with van der Waals surface area (Å²) in [5.41, 5.74) is 0. The summed E-state index contributed by atoms with van der Waals surface area (Å²) in [4.78, 5) is 36.4. The van der Waals surface area contributed by atoms with E-state index in [1.54, 1.807) is 6.92 Å². The molecule has 120 valence electrons. The summed E-state index contributed by atoms with van der Waals surface area (Å²) < 4.78 is 0. The predicted molar refractivity (Wildman–Crippen MR) is 78.6 cm³/mol. The molecule has 0 aromatic carbocycles. The lowest BCUT2D eigenvalue weighted by Crippen LogP contribution is -2.44. The monoisotopic (exact) mass is 298 g/mol. The minimum absolute atomic E-state index is 0.00659. The fourth-order valence-corrected chi connectivity index (χ4v) is 2.41. The molecule has 0 spiro atoms. The topological polar surface area (TPSA) is 86.7 Å². The minimum atomic E-state index is -0.843. The standard InChI is InChI=1S/C15H26N2O4/c1-10(2)14(19)17-8-5-12(6-9-17)13(18)16-7-4-11(3)15(20)21/h10-12H,4-9H2,1-3H3,(H,16,18)(H,20,21). The number of amides is 2. The molecular weight excluding hydrogens is 272 g/mol. The second-order valence-corrected chi connectivity index (χ2v) is 6.07. The number of nitrogens with zero attached hydrogens (tertiary/aromatic N) is 1. The number of hydrogen-bond acceptors (Lipinski definition) is 3. The molecule has 1 fully saturated rings. The summed E-state index contributed by atoms with van der Waals surface area (Å²) in [7, 11) is 0. The van der Waals surface area contributed by atoms with E-state index in [0.717, 1.165) is 0 Å². The van der Waals surface area contributed by atoms with E-state index >= 15 is 0 Å². The second kappa shape index (κ2) is 8.00. The first kappa shape index (κ1) is 17.5. The first-order chi connectivity index (χ1) is 9.82. The van der Waals surface area contributed by atoms with Crippen molar-refractivity contribution in [3.63, 3.8) is 0 Å². The molecular formula is C15H26N2O4. The second-order valence-electron chi connectivity index (χ2n) is 6.07. The van der Waals surface area contributed by atoms with Crippen LogP contribution in [0.5, 0.6) is 0 Å². The number of piperidine rings is 1. The Morgan fingerprint density at radius 2 is 1.76 bits per heavy atom. The van der Waals surface area contributed by atoms with Crippen LogP contribution in [0.2, 0.25) is 0 Å². The van der Waals surface area contributed by atoms with Crippen molar-refractivity contribution in [2.45, 2.75) is 40.0 Å². The Morgan fingerprint density at radius 1 is 1.19 bits per heavy atom. The van der Waals surface area contributed by atoms with Crippen molar-refractivity contribution >= 4 is 17.8 Å². The van der Waals surface area contributed by atoms with Crippen LogP contribution in [0.3, 0.4) is 0 Å². The molecule has 1 aliphatic rings. The smallest absolute Gasteiger partial charge is 0.306 e. The van der Waals surface area contributed by atoms with Crippen molar-refractivity contribution in [1.82, 2.24) is 10.2 Å². The first-order valence-electron chi connectivity index (χ1n) is 7.62. The SMILES string of the molecule is CC(C)C(=O)N1CCC(C(=O)NCCC(C)C(=O)O)CC1. The molecule has 1 atom stereocenters. The molecule has 0 aliphatic carbocycles. The van der Waals surface area contributed by atoms with Crippen molar-refractivity contribution in [3.8, 4) is 0 Å². The van der Waals surface area contributed by atoms with Crippen LogP contribution in [0, 0.1) is 17.8 Å². The molecule has 0 radical (unpaired) electrons. The molecule has 1 rings (SSSR count). The molecule has 1 unspecified atom stereocenters. The van der Waals surface area contributed by atoms with E-state index < -0.39 is 11.9 Å². The third-order valence-corrected chi connectivity index (χ3v) is 3.97. The minimum Gasteiger partial charge on any atom is -0.481 e. The number of hydrogen-bond donors (Lipinski definition) is 2. The van der Waals surface area contributed by atoms with Crippen LogP contribution >= 0.6 is 0 Å². The number of rotatable bonds is 6. The number of carboxylic acid groups (broad SMARTS) is 1. The fraction of sp³-hybridized carbons (Fsp3) is 0.800. The normalized spacial score (nSPS) is 17.6. The average Bonchev–Trinajstić information content (AvgIpc) is 2.46. The molecule has 1 heterocycles. The molecule has 1 aliphatic heterocycles. The summed E-state index contributed by atoms with van der Waals surface area (Å²) >= 11 is 0. The van der Waals surface area contributed by atoms with E-state index in [0.29, 0.717) is 38.9 Å². The van der Waals surface area contributed by atoms with E-state index in [9.17, 15) is 14.4 Å². The third kappa shape index (κ3) is 5.36. The Balaban J connectivity index is 2.29. The molecule has 1 saturated heterocycles. The number of carboxylic acids is 1. The maximum Gasteiger partial charge on any atom is 0.306 e. The number of carbonyl (C=O) groups is 3. The molecule has 0 saturated carbocycles. The number of likely N-dealkylation sites (tertiary alicyclic amines) is 1. The van der Waals surface area contributed by atoms with Gasteiger partial charge in [-0.3, -0.25) is 14.4 Å². The van der Waals surface area contributed by atoms with Gasteiger partial charge in [-0.05, 0) is 19.3 Å². The van der Waals surface area contributed by atoms with Gasteiger partial charge in [0, 0.05) is 31.5 Å². The molecule has 6 nitrogen and oxygen atoms in total. The van der Waals surface area contributed by atoms with Crippen LogP contribution < -0.4 is 5.32 Å². The van der Waals surface area contributed by atoms with Gasteiger partial charge in [0.15, 0.2) is 0 Å². The summed E-state index contributed by atoms with van der Waals surface area (Å²) in [6.45, 7) is 7.03. The van der Waals surface area contributed by atoms with Gasteiger partial charge in [-0.25, -0.2) is 0 Å². The summed E-state index contributed by atoms with van der Waals surface area (Å²) in [6.07, 6.45) is 1.79. The van der Waals surface area contributed by atoms with Crippen LogP contribution in [0.1, 0.15) is 40.0 Å². The molecule has 2 amide bonds. The zero-order valence-corrected chi connectivity index (χ0v) is 13.1. The average molecular weight is 298 g/mol. The Hall–Kier alpha value is -1.59. The number of carbonyl (C=O) groups excluding carboxylic acids is 2. The maximum atomic E-state index is 12.0. The van der Waals surface area contributed by atoms with Crippen molar-refractivity contribution in [2.24, 2.45) is 17.8 Å². The lowest BCUT2D eigenvalue weighted by atomic mass is 9.95. The number of nitrogens with one attached hydrogen (secondary N) is 1. The lowest BCUT2D eigenvalue weighted by Gasteiger charge is -2.32. The van der Waals surface area contributed by atoms with Gasteiger partial charge in [-0.15, -0.1) is 0 Å².